The summed E-state index contributed by atoms with van der Waals surface area (Å²) in [6, 6.07) is 11.4. The molecule has 0 amide bonds. The van der Waals surface area contributed by atoms with Crippen LogP contribution in [0.15, 0.2) is 89.0 Å². The van der Waals surface area contributed by atoms with Gasteiger partial charge in [0.1, 0.15) is 5.82 Å². The van der Waals surface area contributed by atoms with Crippen molar-refractivity contribution in [3.05, 3.63) is 95.5 Å². The van der Waals surface area contributed by atoms with Gasteiger partial charge in [0.25, 0.3) is 0 Å². The fourth-order valence-corrected chi connectivity index (χ4v) is 5.33. The third-order valence-electron chi connectivity index (χ3n) is 5.98. The zero-order chi connectivity index (χ0) is 23.6. The first kappa shape index (κ1) is 23.3. The molecule has 8 heteroatoms. The molecule has 4 rings (SSSR count). The predicted octanol–water partition coefficient (Wildman–Crippen LogP) is 7.08. The van der Waals surface area contributed by atoms with E-state index in [2.05, 4.69) is 16.2 Å². The van der Waals surface area contributed by atoms with Crippen LogP contribution in [0.4, 0.5) is 23.2 Å². The van der Waals surface area contributed by atoms with Crippen molar-refractivity contribution >= 4 is 23.8 Å². The molecule has 172 valence electrons. The minimum Gasteiger partial charge on any atom is -0.355 e. The first-order valence-corrected chi connectivity index (χ1v) is 11.2. The molecule has 2 aromatic rings. The molecular weight excluding hydrogens is 450 g/mol. The van der Waals surface area contributed by atoms with Gasteiger partial charge in [-0.3, -0.25) is 0 Å². The van der Waals surface area contributed by atoms with Gasteiger partial charge in [-0.15, -0.1) is 6.58 Å². The highest BCUT2D eigenvalue weighted by Crippen LogP contribution is 2.47. The van der Waals surface area contributed by atoms with Crippen LogP contribution in [0.25, 0.3) is 0 Å². The average Bonchev–Trinajstić information content (AvgIpc) is 2.80. The first-order valence-electron chi connectivity index (χ1n) is 10.4. The summed E-state index contributed by atoms with van der Waals surface area (Å²) in [5.74, 6) is -0.319. The highest BCUT2D eigenvalue weighted by atomic mass is 32.2. The molecule has 1 unspecified atom stereocenters. The van der Waals surface area contributed by atoms with Gasteiger partial charge in [-0.2, -0.15) is 13.2 Å². The van der Waals surface area contributed by atoms with Crippen LogP contribution in [0, 0.1) is 16.6 Å². The Balaban J connectivity index is 1.54. The van der Waals surface area contributed by atoms with E-state index in [-0.39, 0.29) is 5.82 Å². The standard InChI is InChI=1S/C25H23F4N3S/c1-2-24-14-17(15-30)23(31-21-8-6-20(26)7-9-21)13-18(24)10-11-32(16-24)33-22-5-3-4-19(12-22)25(27,28)29/h2-9,12-13,15,30-31H,1,10-11,14,16H2. The predicted molar refractivity (Wildman–Crippen MR) is 125 cm³/mol. The van der Waals surface area contributed by atoms with E-state index in [9.17, 15) is 17.6 Å². The summed E-state index contributed by atoms with van der Waals surface area (Å²) >= 11 is 1.31. The smallest absolute Gasteiger partial charge is 0.355 e. The summed E-state index contributed by atoms with van der Waals surface area (Å²) in [6.45, 7) is 5.30. The Morgan fingerprint density at radius 1 is 1.15 bits per heavy atom. The van der Waals surface area contributed by atoms with Crippen molar-refractivity contribution in [1.29, 1.82) is 5.41 Å². The minimum atomic E-state index is -4.38. The maximum atomic E-state index is 13.2. The molecule has 2 aromatic carbocycles. The van der Waals surface area contributed by atoms with Gasteiger partial charge in [-0.05, 0) is 78.9 Å². The van der Waals surface area contributed by atoms with Gasteiger partial charge >= 0.3 is 6.18 Å². The first-order chi connectivity index (χ1) is 15.7. The van der Waals surface area contributed by atoms with Crippen LogP contribution in [0.1, 0.15) is 18.4 Å². The molecule has 2 aliphatic rings. The number of allylic oxidation sites excluding steroid dienone is 2. The Morgan fingerprint density at radius 2 is 1.91 bits per heavy atom. The number of nitrogens with zero attached hydrogens (tertiary/aromatic N) is 1. The molecule has 1 aliphatic heterocycles. The van der Waals surface area contributed by atoms with Crippen LogP contribution < -0.4 is 5.32 Å². The van der Waals surface area contributed by atoms with Gasteiger partial charge in [0.05, 0.1) is 5.56 Å². The Labute approximate surface area is 194 Å². The van der Waals surface area contributed by atoms with E-state index < -0.39 is 17.2 Å². The lowest BCUT2D eigenvalue weighted by Crippen LogP contribution is -2.42. The number of piperidine rings is 1. The van der Waals surface area contributed by atoms with E-state index >= 15 is 0 Å². The molecule has 0 spiro atoms. The van der Waals surface area contributed by atoms with E-state index in [4.69, 9.17) is 5.41 Å². The second kappa shape index (κ2) is 9.19. The molecular formula is C25H23F4N3S. The minimum absolute atomic E-state index is 0.319. The average molecular weight is 474 g/mol. The van der Waals surface area contributed by atoms with Crippen molar-refractivity contribution in [3.63, 3.8) is 0 Å². The van der Waals surface area contributed by atoms with E-state index in [1.165, 1.54) is 42.4 Å². The summed E-state index contributed by atoms with van der Waals surface area (Å²) < 4.78 is 54.6. The largest absolute Gasteiger partial charge is 0.416 e. The molecule has 0 radical (unpaired) electrons. The van der Waals surface area contributed by atoms with Crippen molar-refractivity contribution in [2.24, 2.45) is 5.41 Å². The van der Waals surface area contributed by atoms with Crippen LogP contribution in [0.2, 0.25) is 0 Å². The fraction of sp³-hybridized carbons (Fsp3) is 0.240. The molecule has 2 N–H and O–H groups in total. The van der Waals surface area contributed by atoms with Crippen LogP contribution in [-0.4, -0.2) is 23.6 Å². The lowest BCUT2D eigenvalue weighted by atomic mass is 9.69. The number of alkyl halides is 3. The van der Waals surface area contributed by atoms with Gasteiger partial charge in [-0.25, -0.2) is 8.70 Å². The van der Waals surface area contributed by atoms with Gasteiger partial charge in [0.15, 0.2) is 0 Å². The Bertz CT molecular complexity index is 1120. The quantitative estimate of drug-likeness (QED) is 0.204. The van der Waals surface area contributed by atoms with Gasteiger partial charge < -0.3 is 10.7 Å². The highest BCUT2D eigenvalue weighted by Gasteiger charge is 2.40. The fourth-order valence-electron chi connectivity index (χ4n) is 4.23. The van der Waals surface area contributed by atoms with Crippen molar-refractivity contribution in [2.75, 3.05) is 18.4 Å². The van der Waals surface area contributed by atoms with Crippen molar-refractivity contribution < 1.29 is 17.6 Å². The molecule has 33 heavy (non-hydrogen) atoms. The molecule has 1 atom stereocenters. The Morgan fingerprint density at radius 3 is 2.58 bits per heavy atom. The molecule has 3 nitrogen and oxygen atoms in total. The monoisotopic (exact) mass is 473 g/mol. The van der Waals surface area contributed by atoms with E-state index in [0.717, 1.165) is 35.0 Å². The van der Waals surface area contributed by atoms with E-state index in [1.54, 1.807) is 18.2 Å². The normalized spacial score (nSPS) is 21.3. The lowest BCUT2D eigenvalue weighted by molar-refractivity contribution is -0.137. The Hall–Kier alpha value is -2.84. The molecule has 1 aliphatic carbocycles. The third-order valence-corrected chi connectivity index (χ3v) is 7.02. The number of halogens is 4. The molecule has 1 heterocycles. The lowest BCUT2D eigenvalue weighted by Gasteiger charge is -2.45. The zero-order valence-corrected chi connectivity index (χ0v) is 18.6. The number of nitrogens with one attached hydrogen (secondary N) is 2. The van der Waals surface area contributed by atoms with Crippen LogP contribution in [0.3, 0.4) is 0 Å². The molecule has 0 saturated carbocycles. The third kappa shape index (κ3) is 5.07. The summed E-state index contributed by atoms with van der Waals surface area (Å²) in [6.07, 6.45) is 2.12. The molecule has 0 aromatic heterocycles. The molecule has 0 bridgehead atoms. The topological polar surface area (TPSA) is 39.1 Å². The molecule has 1 fully saturated rings. The SMILES string of the molecule is C=CC12CC(C=N)=C(Nc3ccc(F)cc3)C=C1CCN(Sc1cccc(C(F)(F)F)c1)C2. The second-order valence-corrected chi connectivity index (χ2v) is 9.32. The van der Waals surface area contributed by atoms with Crippen molar-refractivity contribution in [1.82, 2.24) is 4.31 Å². The van der Waals surface area contributed by atoms with E-state index in [0.29, 0.717) is 24.4 Å². The molecule has 1 saturated heterocycles. The number of fused-ring (bicyclic) bond motifs is 1. The summed E-state index contributed by atoms with van der Waals surface area (Å²) in [7, 11) is 0. The van der Waals surface area contributed by atoms with Crippen LogP contribution in [-0.2, 0) is 6.18 Å². The summed E-state index contributed by atoms with van der Waals surface area (Å²) in [5, 5.41) is 11.2. The maximum absolute atomic E-state index is 13.2. The number of benzene rings is 2. The van der Waals surface area contributed by atoms with Crippen molar-refractivity contribution in [2.45, 2.75) is 23.9 Å². The summed E-state index contributed by atoms with van der Waals surface area (Å²) in [5.41, 5.74) is 2.40. The summed E-state index contributed by atoms with van der Waals surface area (Å²) in [4.78, 5) is 0.536. The number of hydrogen-bond acceptors (Lipinski definition) is 4. The van der Waals surface area contributed by atoms with Gasteiger partial charge in [-0.1, -0.05) is 17.7 Å². The van der Waals surface area contributed by atoms with Gasteiger partial charge in [0, 0.05) is 41.0 Å². The maximum Gasteiger partial charge on any atom is 0.416 e. The van der Waals surface area contributed by atoms with Crippen LogP contribution >= 0.6 is 11.9 Å². The number of anilines is 1. The zero-order valence-electron chi connectivity index (χ0n) is 17.8. The highest BCUT2D eigenvalue weighted by molar-refractivity contribution is 7.97. The van der Waals surface area contributed by atoms with Gasteiger partial charge in [0.2, 0.25) is 0 Å². The van der Waals surface area contributed by atoms with Crippen molar-refractivity contribution in [3.8, 4) is 0 Å². The second-order valence-electron chi connectivity index (χ2n) is 8.15. The number of hydrogen-bond donors (Lipinski definition) is 2. The number of rotatable bonds is 6. The Kier molecular flexibility index (Phi) is 6.50. The van der Waals surface area contributed by atoms with E-state index in [1.807, 2.05) is 12.2 Å². The van der Waals surface area contributed by atoms with Crippen LogP contribution in [0.5, 0.6) is 0 Å².